The Bertz CT molecular complexity index is 558. The summed E-state index contributed by atoms with van der Waals surface area (Å²) in [4.78, 5) is 0. The minimum absolute atomic E-state index is 0.0172. The molecule has 0 heterocycles. The van der Waals surface area contributed by atoms with E-state index >= 15 is 0 Å². The normalized spacial score (nSPS) is 13.8. The highest BCUT2D eigenvalue weighted by Crippen LogP contribution is 2.32. The Morgan fingerprint density at radius 1 is 1.26 bits per heavy atom. The average Bonchev–Trinajstić information content (AvgIpc) is 2.22. The van der Waals surface area contributed by atoms with Crippen LogP contribution in [0.2, 0.25) is 0 Å². The molecule has 0 unspecified atom stereocenters. The van der Waals surface area contributed by atoms with Crippen molar-refractivity contribution < 1.29 is 21.4 Å². The minimum atomic E-state index is -3.76. The minimum Gasteiger partial charge on any atom is -0.262 e. The first kappa shape index (κ1) is 16.5. The molecular formula is C12H15BrF2O3S. The monoisotopic (exact) mass is 356 g/mol. The van der Waals surface area contributed by atoms with Gasteiger partial charge in [0.25, 0.3) is 10.1 Å². The Kier molecular flexibility index (Phi) is 5.46. The van der Waals surface area contributed by atoms with Crippen LogP contribution in [0, 0.1) is 17.6 Å². The molecule has 0 aromatic heterocycles. The van der Waals surface area contributed by atoms with E-state index in [9.17, 15) is 17.2 Å². The van der Waals surface area contributed by atoms with Gasteiger partial charge in [-0.05, 0) is 34.3 Å². The molecule has 0 spiro atoms. The van der Waals surface area contributed by atoms with Crippen LogP contribution in [0.1, 0.15) is 31.9 Å². The van der Waals surface area contributed by atoms with Gasteiger partial charge in [0.15, 0.2) is 11.6 Å². The predicted molar refractivity (Wildman–Crippen MR) is 72.2 cm³/mol. The molecule has 0 saturated heterocycles. The third-order valence-corrected chi connectivity index (χ3v) is 3.58. The van der Waals surface area contributed by atoms with Crippen LogP contribution in [0.5, 0.6) is 0 Å². The summed E-state index contributed by atoms with van der Waals surface area (Å²) in [7, 11) is -3.76. The molecule has 1 aromatic carbocycles. The smallest absolute Gasteiger partial charge is 0.262 e. The number of benzene rings is 1. The third-order valence-electron chi connectivity index (χ3n) is 2.39. The molecule has 0 aliphatic rings. The van der Waals surface area contributed by atoms with Gasteiger partial charge in [0.1, 0.15) is 6.10 Å². The number of hydrogen-bond acceptors (Lipinski definition) is 3. The fourth-order valence-corrected chi connectivity index (χ4v) is 2.56. The highest BCUT2D eigenvalue weighted by Gasteiger charge is 2.24. The summed E-state index contributed by atoms with van der Waals surface area (Å²) in [6.45, 7) is 3.68. The quantitative estimate of drug-likeness (QED) is 0.595. The second-order valence-corrected chi connectivity index (χ2v) is 7.14. The van der Waals surface area contributed by atoms with Crippen molar-refractivity contribution in [3.8, 4) is 0 Å². The molecule has 19 heavy (non-hydrogen) atoms. The van der Waals surface area contributed by atoms with E-state index in [1.165, 1.54) is 12.1 Å². The van der Waals surface area contributed by atoms with Crippen LogP contribution < -0.4 is 0 Å². The van der Waals surface area contributed by atoms with E-state index in [1.807, 2.05) is 13.8 Å². The summed E-state index contributed by atoms with van der Waals surface area (Å²) in [5, 5.41) is 0. The average molecular weight is 357 g/mol. The fourth-order valence-electron chi connectivity index (χ4n) is 1.65. The van der Waals surface area contributed by atoms with Crippen molar-refractivity contribution in [2.24, 2.45) is 5.92 Å². The van der Waals surface area contributed by atoms with E-state index in [4.69, 9.17) is 4.18 Å². The van der Waals surface area contributed by atoms with Gasteiger partial charge in [-0.2, -0.15) is 8.42 Å². The van der Waals surface area contributed by atoms with Gasteiger partial charge in [-0.25, -0.2) is 8.78 Å². The first-order chi connectivity index (χ1) is 8.61. The van der Waals surface area contributed by atoms with E-state index in [0.29, 0.717) is 0 Å². The maximum Gasteiger partial charge on any atom is 0.264 e. The number of halogens is 3. The van der Waals surface area contributed by atoms with Gasteiger partial charge < -0.3 is 0 Å². The van der Waals surface area contributed by atoms with Gasteiger partial charge in [0, 0.05) is 5.56 Å². The molecule has 1 aromatic rings. The Balaban J connectivity index is 3.21. The molecule has 0 saturated carbocycles. The Morgan fingerprint density at radius 2 is 1.84 bits per heavy atom. The van der Waals surface area contributed by atoms with Gasteiger partial charge in [0.2, 0.25) is 0 Å². The highest BCUT2D eigenvalue weighted by atomic mass is 79.9. The highest BCUT2D eigenvalue weighted by molar-refractivity contribution is 9.10. The predicted octanol–water partition coefficient (Wildman–Crippen LogP) is 3.79. The first-order valence-electron chi connectivity index (χ1n) is 5.63. The Hall–Kier alpha value is -0.530. The molecule has 7 heteroatoms. The van der Waals surface area contributed by atoms with Crippen molar-refractivity contribution in [3.05, 3.63) is 33.8 Å². The SMILES string of the molecule is CC(C)C[C@H](OS(C)(=O)=O)c1ccc(Br)c(F)c1F. The Labute approximate surface area is 120 Å². The third kappa shape index (κ3) is 4.81. The molecule has 3 nitrogen and oxygen atoms in total. The standard InChI is InChI=1S/C12H15BrF2O3S/c1-7(2)6-10(18-19(3,16)17)8-4-5-9(13)12(15)11(8)14/h4-5,7,10H,6H2,1-3H3/t10-/m0/s1. The molecule has 0 aliphatic heterocycles. The van der Waals surface area contributed by atoms with E-state index in [1.54, 1.807) is 0 Å². The zero-order valence-electron chi connectivity index (χ0n) is 10.8. The lowest BCUT2D eigenvalue weighted by molar-refractivity contribution is 0.181. The molecule has 0 radical (unpaired) electrons. The lowest BCUT2D eigenvalue weighted by Gasteiger charge is -2.19. The van der Waals surface area contributed by atoms with Crippen molar-refractivity contribution in [2.45, 2.75) is 26.4 Å². The van der Waals surface area contributed by atoms with E-state index in [2.05, 4.69) is 15.9 Å². The second-order valence-electron chi connectivity index (χ2n) is 4.68. The van der Waals surface area contributed by atoms with E-state index in [-0.39, 0.29) is 22.4 Å². The molecule has 0 amide bonds. The molecule has 1 atom stereocenters. The van der Waals surface area contributed by atoms with E-state index in [0.717, 1.165) is 6.26 Å². The molecule has 0 aliphatic carbocycles. The molecular weight excluding hydrogens is 342 g/mol. The zero-order chi connectivity index (χ0) is 14.8. The van der Waals surface area contributed by atoms with E-state index < -0.39 is 27.9 Å². The van der Waals surface area contributed by atoms with Gasteiger partial charge in [-0.15, -0.1) is 0 Å². The van der Waals surface area contributed by atoms with Gasteiger partial charge in [-0.3, -0.25) is 4.18 Å². The van der Waals surface area contributed by atoms with Crippen LogP contribution in [0.3, 0.4) is 0 Å². The van der Waals surface area contributed by atoms with Gasteiger partial charge in [-0.1, -0.05) is 19.9 Å². The lowest BCUT2D eigenvalue weighted by Crippen LogP contribution is -2.14. The Morgan fingerprint density at radius 3 is 2.32 bits per heavy atom. The van der Waals surface area contributed by atoms with Crippen LogP contribution in [0.4, 0.5) is 8.78 Å². The molecule has 1 rings (SSSR count). The molecule has 0 fully saturated rings. The number of hydrogen-bond donors (Lipinski definition) is 0. The summed E-state index contributed by atoms with van der Waals surface area (Å²) in [5.74, 6) is -2.08. The van der Waals surface area contributed by atoms with Crippen LogP contribution in [0.25, 0.3) is 0 Å². The fraction of sp³-hybridized carbons (Fsp3) is 0.500. The molecule has 0 bridgehead atoms. The van der Waals surface area contributed by atoms with Crippen molar-refractivity contribution in [1.82, 2.24) is 0 Å². The van der Waals surface area contributed by atoms with Gasteiger partial charge in [0.05, 0.1) is 10.7 Å². The van der Waals surface area contributed by atoms with Gasteiger partial charge >= 0.3 is 0 Å². The largest absolute Gasteiger partial charge is 0.264 e. The zero-order valence-corrected chi connectivity index (χ0v) is 13.2. The topological polar surface area (TPSA) is 43.4 Å². The maximum absolute atomic E-state index is 13.9. The van der Waals surface area contributed by atoms with Crippen LogP contribution in [-0.2, 0) is 14.3 Å². The van der Waals surface area contributed by atoms with Crippen LogP contribution in [0.15, 0.2) is 16.6 Å². The van der Waals surface area contributed by atoms with Crippen LogP contribution >= 0.6 is 15.9 Å². The van der Waals surface area contributed by atoms with Crippen molar-refractivity contribution in [2.75, 3.05) is 6.26 Å². The maximum atomic E-state index is 13.9. The summed E-state index contributed by atoms with van der Waals surface area (Å²) >= 11 is 2.87. The first-order valence-corrected chi connectivity index (χ1v) is 8.24. The van der Waals surface area contributed by atoms with Crippen molar-refractivity contribution in [3.63, 3.8) is 0 Å². The van der Waals surface area contributed by atoms with Crippen molar-refractivity contribution >= 4 is 26.0 Å². The molecule has 0 N–H and O–H groups in total. The summed E-state index contributed by atoms with van der Waals surface area (Å²) in [5.41, 5.74) is -0.0974. The number of rotatable bonds is 5. The second kappa shape index (κ2) is 6.28. The summed E-state index contributed by atoms with van der Waals surface area (Å²) < 4.78 is 54.6. The lowest BCUT2D eigenvalue weighted by atomic mass is 9.99. The van der Waals surface area contributed by atoms with Crippen molar-refractivity contribution in [1.29, 1.82) is 0 Å². The van der Waals surface area contributed by atoms with Crippen LogP contribution in [-0.4, -0.2) is 14.7 Å². The summed E-state index contributed by atoms with van der Waals surface area (Å²) in [6.07, 6.45) is 0.121. The molecule has 108 valence electrons. The summed E-state index contributed by atoms with van der Waals surface area (Å²) in [6, 6.07) is 2.65.